The Balaban J connectivity index is 1.14. The van der Waals surface area contributed by atoms with Crippen LogP contribution in [0.15, 0.2) is 207 Å². The predicted octanol–water partition coefficient (Wildman–Crippen LogP) is 12.6. The summed E-state index contributed by atoms with van der Waals surface area (Å²) in [4.78, 5) is 20.1. The van der Waals surface area contributed by atoms with Crippen molar-refractivity contribution in [2.45, 2.75) is 0 Å². The van der Waals surface area contributed by atoms with Crippen molar-refractivity contribution in [2.24, 2.45) is 0 Å². The van der Waals surface area contributed by atoms with Crippen molar-refractivity contribution in [3.05, 3.63) is 207 Å². The molecular weight excluding hydrogens is 709 g/mol. The molecule has 11 rings (SSSR count). The minimum absolute atomic E-state index is 0.614. The third kappa shape index (κ3) is 5.83. The Morgan fingerprint density at radius 2 is 0.948 bits per heavy atom. The number of pyridine rings is 1. The van der Waals surface area contributed by atoms with E-state index in [1.807, 2.05) is 85.1 Å². The number of nitrogens with zero attached hydrogens (tertiary/aromatic N) is 6. The second-order valence-corrected chi connectivity index (χ2v) is 14.4. The highest BCUT2D eigenvalue weighted by Crippen LogP contribution is 2.42. The fourth-order valence-electron chi connectivity index (χ4n) is 8.08. The van der Waals surface area contributed by atoms with E-state index < -0.39 is 0 Å². The third-order valence-electron chi connectivity index (χ3n) is 10.8. The molecule has 0 unspecified atom stereocenters. The van der Waals surface area contributed by atoms with Crippen LogP contribution in [0, 0.1) is 0 Å². The lowest BCUT2D eigenvalue weighted by Gasteiger charge is -2.18. The molecule has 0 radical (unpaired) electrons. The third-order valence-corrected chi connectivity index (χ3v) is 10.8. The SMILES string of the molecule is c1ccc(-c2nc(-c3ccccc3)nc(-c3ccc(-n4c5ccccc5c5cccc(-c6cccc(-c7cn8ccccc8n7)c6)c54)c(-c4ccccc4)c3)n2)cc1. The van der Waals surface area contributed by atoms with Gasteiger partial charge in [0.15, 0.2) is 17.5 Å². The van der Waals surface area contributed by atoms with Crippen molar-refractivity contribution in [3.8, 4) is 73.4 Å². The van der Waals surface area contributed by atoms with Gasteiger partial charge in [0.1, 0.15) is 5.65 Å². The Kier molecular flexibility index (Phi) is 8.04. The topological polar surface area (TPSA) is 60.9 Å². The van der Waals surface area contributed by atoms with Gasteiger partial charge in [0.05, 0.1) is 22.4 Å². The molecule has 0 fully saturated rings. The summed E-state index contributed by atoms with van der Waals surface area (Å²) in [7, 11) is 0. The number of para-hydroxylation sites is 2. The Morgan fingerprint density at radius 3 is 1.67 bits per heavy atom. The molecule has 4 heterocycles. The second-order valence-electron chi connectivity index (χ2n) is 14.4. The molecule has 7 aromatic carbocycles. The van der Waals surface area contributed by atoms with Crippen molar-refractivity contribution in [1.29, 1.82) is 0 Å². The van der Waals surface area contributed by atoms with E-state index in [4.69, 9.17) is 19.9 Å². The van der Waals surface area contributed by atoms with Gasteiger partial charge in [-0.05, 0) is 53.6 Å². The molecule has 6 heteroatoms. The van der Waals surface area contributed by atoms with Crippen LogP contribution < -0.4 is 0 Å². The summed E-state index contributed by atoms with van der Waals surface area (Å²) in [5, 5.41) is 2.38. The van der Waals surface area contributed by atoms with Crippen molar-refractivity contribution in [2.75, 3.05) is 0 Å². The molecule has 0 atom stereocenters. The van der Waals surface area contributed by atoms with E-state index in [2.05, 4.69) is 130 Å². The standard InChI is InChI=1S/C52H34N6/c1-4-16-35(17-5-1)44-33-40(52-55-50(36-18-6-2-7-19-36)54-51(56-52)37-20-8-3-9-21-37)29-30-47(44)58-46-27-11-10-24-42(46)43-26-15-25-41(49(43)58)38-22-14-23-39(32-38)45-34-57-31-13-12-28-48(57)53-45/h1-34H. The Hall–Kier alpha value is -7.96. The summed E-state index contributed by atoms with van der Waals surface area (Å²) in [6.07, 6.45) is 4.13. The summed E-state index contributed by atoms with van der Waals surface area (Å²) in [6.45, 7) is 0. The van der Waals surface area contributed by atoms with Crippen molar-refractivity contribution in [3.63, 3.8) is 0 Å². The second kappa shape index (κ2) is 14.0. The minimum Gasteiger partial charge on any atom is -0.308 e. The maximum absolute atomic E-state index is 5.09. The first kappa shape index (κ1) is 33.4. The average molecular weight is 743 g/mol. The zero-order valence-corrected chi connectivity index (χ0v) is 31.3. The quantitative estimate of drug-likeness (QED) is 0.163. The van der Waals surface area contributed by atoms with Crippen LogP contribution in [-0.4, -0.2) is 28.9 Å². The molecule has 0 saturated carbocycles. The fraction of sp³-hybridized carbons (Fsp3) is 0. The van der Waals surface area contributed by atoms with Crippen LogP contribution in [0.3, 0.4) is 0 Å². The highest BCUT2D eigenvalue weighted by molar-refractivity contribution is 6.14. The monoisotopic (exact) mass is 742 g/mol. The van der Waals surface area contributed by atoms with E-state index in [-0.39, 0.29) is 0 Å². The van der Waals surface area contributed by atoms with Gasteiger partial charge in [-0.1, -0.05) is 152 Å². The van der Waals surface area contributed by atoms with E-state index in [1.54, 1.807) is 0 Å². The van der Waals surface area contributed by atoms with Crippen molar-refractivity contribution >= 4 is 27.5 Å². The van der Waals surface area contributed by atoms with Gasteiger partial charge in [0, 0.05) is 56.5 Å². The number of aromatic nitrogens is 6. The van der Waals surface area contributed by atoms with Crippen LogP contribution in [0.5, 0.6) is 0 Å². The molecule has 0 saturated heterocycles. The van der Waals surface area contributed by atoms with Crippen LogP contribution in [0.1, 0.15) is 0 Å². The summed E-state index contributed by atoms with van der Waals surface area (Å²) in [6, 6.07) is 67.6. The molecule has 0 N–H and O–H groups in total. The molecule has 272 valence electrons. The van der Waals surface area contributed by atoms with Gasteiger partial charge in [-0.3, -0.25) is 0 Å². The highest BCUT2D eigenvalue weighted by Gasteiger charge is 2.21. The lowest BCUT2D eigenvalue weighted by molar-refractivity contribution is 1.07. The molecule has 0 aliphatic rings. The van der Waals surface area contributed by atoms with Gasteiger partial charge in [0.25, 0.3) is 0 Å². The fourth-order valence-corrected chi connectivity index (χ4v) is 8.08. The zero-order chi connectivity index (χ0) is 38.4. The van der Waals surface area contributed by atoms with Gasteiger partial charge >= 0.3 is 0 Å². The van der Waals surface area contributed by atoms with Crippen LogP contribution in [0.25, 0.3) is 101 Å². The number of hydrogen-bond donors (Lipinski definition) is 0. The summed E-state index contributed by atoms with van der Waals surface area (Å²) in [5.74, 6) is 1.88. The number of fused-ring (bicyclic) bond motifs is 4. The molecule has 6 nitrogen and oxygen atoms in total. The van der Waals surface area contributed by atoms with Gasteiger partial charge < -0.3 is 8.97 Å². The van der Waals surface area contributed by atoms with Gasteiger partial charge in [-0.25, -0.2) is 19.9 Å². The van der Waals surface area contributed by atoms with E-state index in [9.17, 15) is 0 Å². The predicted molar refractivity (Wildman–Crippen MR) is 236 cm³/mol. The summed E-state index contributed by atoms with van der Waals surface area (Å²) < 4.78 is 4.50. The molecule has 0 aliphatic carbocycles. The maximum Gasteiger partial charge on any atom is 0.164 e. The van der Waals surface area contributed by atoms with E-state index in [0.717, 1.165) is 72.6 Å². The molecule has 58 heavy (non-hydrogen) atoms. The number of hydrogen-bond acceptors (Lipinski definition) is 4. The van der Waals surface area contributed by atoms with Gasteiger partial charge in [-0.2, -0.15) is 0 Å². The summed E-state index contributed by atoms with van der Waals surface area (Å²) >= 11 is 0. The van der Waals surface area contributed by atoms with Crippen LogP contribution >= 0.6 is 0 Å². The first-order valence-corrected chi connectivity index (χ1v) is 19.4. The normalized spacial score (nSPS) is 11.4. The van der Waals surface area contributed by atoms with E-state index in [0.29, 0.717) is 17.5 Å². The van der Waals surface area contributed by atoms with Crippen molar-refractivity contribution < 1.29 is 0 Å². The lowest BCUT2D eigenvalue weighted by Crippen LogP contribution is -2.02. The minimum atomic E-state index is 0.614. The van der Waals surface area contributed by atoms with Crippen LogP contribution in [0.2, 0.25) is 0 Å². The van der Waals surface area contributed by atoms with Crippen LogP contribution in [0.4, 0.5) is 0 Å². The lowest BCUT2D eigenvalue weighted by atomic mass is 9.98. The van der Waals surface area contributed by atoms with Gasteiger partial charge in [0.2, 0.25) is 0 Å². The number of imidazole rings is 1. The average Bonchev–Trinajstić information content (AvgIpc) is 3.90. The Bertz CT molecular complexity index is 3190. The maximum atomic E-state index is 5.09. The molecule has 0 amide bonds. The van der Waals surface area contributed by atoms with Crippen molar-refractivity contribution in [1.82, 2.24) is 28.9 Å². The smallest absolute Gasteiger partial charge is 0.164 e. The Labute approximate surface area is 335 Å². The first-order valence-electron chi connectivity index (χ1n) is 19.4. The van der Waals surface area contributed by atoms with E-state index >= 15 is 0 Å². The largest absolute Gasteiger partial charge is 0.308 e. The zero-order valence-electron chi connectivity index (χ0n) is 31.3. The highest BCUT2D eigenvalue weighted by atomic mass is 15.0. The molecule has 0 aliphatic heterocycles. The van der Waals surface area contributed by atoms with Gasteiger partial charge in [-0.15, -0.1) is 0 Å². The summed E-state index contributed by atoms with van der Waals surface area (Å²) in [5.41, 5.74) is 13.4. The Morgan fingerprint density at radius 1 is 0.362 bits per heavy atom. The first-order chi connectivity index (χ1) is 28.7. The number of benzene rings is 7. The number of rotatable bonds is 7. The van der Waals surface area contributed by atoms with E-state index in [1.165, 1.54) is 10.8 Å². The molecule has 0 bridgehead atoms. The molecule has 4 aromatic heterocycles. The molecular formula is C52H34N6. The van der Waals surface area contributed by atoms with Crippen LogP contribution in [-0.2, 0) is 0 Å². The molecule has 11 aromatic rings. The molecule has 0 spiro atoms.